The number of anilines is 1. The average Bonchev–Trinajstić information content (AvgIpc) is 3.08. The molecule has 9 nitrogen and oxygen atoms in total. The molecule has 1 saturated heterocycles. The number of nitriles is 1. The monoisotopic (exact) mass is 491 g/mol. The van der Waals surface area contributed by atoms with Gasteiger partial charge in [0.15, 0.2) is 0 Å². The number of benzene rings is 1. The minimum atomic E-state index is -3.73. The Morgan fingerprint density at radius 3 is 2.39 bits per heavy atom. The summed E-state index contributed by atoms with van der Waals surface area (Å²) in [5.74, 6) is -1.08. The summed E-state index contributed by atoms with van der Waals surface area (Å²) < 4.78 is 37.9. The molecule has 11 heteroatoms. The summed E-state index contributed by atoms with van der Waals surface area (Å²) in [6, 6.07) is 7.58. The van der Waals surface area contributed by atoms with E-state index in [0.29, 0.717) is 5.56 Å². The van der Waals surface area contributed by atoms with Crippen LogP contribution in [-0.2, 0) is 19.5 Å². The Hall–Kier alpha value is -2.78. The van der Waals surface area contributed by atoms with Gasteiger partial charge in [-0.15, -0.1) is 11.3 Å². The van der Waals surface area contributed by atoms with Gasteiger partial charge in [0, 0.05) is 18.7 Å². The normalized spacial score (nSPS) is 19.0. The molecule has 176 valence electrons. The van der Waals surface area contributed by atoms with Crippen molar-refractivity contribution in [2.75, 3.05) is 25.0 Å². The maximum atomic E-state index is 13.0. The summed E-state index contributed by atoms with van der Waals surface area (Å²) in [5, 5.41) is 12.3. The van der Waals surface area contributed by atoms with E-state index in [4.69, 9.17) is 9.47 Å². The number of hydrogen-bond donors (Lipinski definition) is 1. The summed E-state index contributed by atoms with van der Waals surface area (Å²) in [6.07, 6.45) is -0.423. The van der Waals surface area contributed by atoms with Crippen LogP contribution >= 0.6 is 11.3 Å². The number of sulfonamides is 1. The molecule has 1 N–H and O–H groups in total. The smallest absolute Gasteiger partial charge is 0.348 e. The fourth-order valence-corrected chi connectivity index (χ4v) is 6.19. The van der Waals surface area contributed by atoms with Gasteiger partial charge in [0.05, 0.1) is 29.3 Å². The molecule has 1 aliphatic rings. The van der Waals surface area contributed by atoms with Gasteiger partial charge in [-0.1, -0.05) is 0 Å². The molecule has 0 radical (unpaired) electrons. The predicted octanol–water partition coefficient (Wildman–Crippen LogP) is 3.16. The largest absolute Gasteiger partial charge is 0.462 e. The molecule has 3 rings (SSSR count). The van der Waals surface area contributed by atoms with Gasteiger partial charge in [-0.3, -0.25) is 4.79 Å². The number of carbonyl (C=O) groups excluding carboxylic acids is 2. The molecule has 0 saturated carbocycles. The topological polar surface area (TPSA) is 126 Å². The number of morpholine rings is 1. The molecule has 2 unspecified atom stereocenters. The van der Waals surface area contributed by atoms with Crippen LogP contribution < -0.4 is 5.32 Å². The zero-order valence-corrected chi connectivity index (χ0v) is 20.4. The van der Waals surface area contributed by atoms with Crippen molar-refractivity contribution in [3.05, 3.63) is 45.8 Å². The summed E-state index contributed by atoms with van der Waals surface area (Å²) in [7, 11) is -3.73. The second-order valence-corrected chi connectivity index (χ2v) is 10.6. The Bertz CT molecular complexity index is 1190. The number of amides is 1. The molecule has 2 aromatic rings. The second-order valence-electron chi connectivity index (χ2n) is 7.65. The zero-order valence-electron chi connectivity index (χ0n) is 18.7. The molecular formula is C22H25N3O6S2. The lowest BCUT2D eigenvalue weighted by Gasteiger charge is -2.34. The van der Waals surface area contributed by atoms with Gasteiger partial charge in [0.1, 0.15) is 15.9 Å². The maximum Gasteiger partial charge on any atom is 0.348 e. The van der Waals surface area contributed by atoms with Crippen LogP contribution in [0.25, 0.3) is 0 Å². The van der Waals surface area contributed by atoms with Crippen LogP contribution in [0.15, 0.2) is 29.2 Å². The van der Waals surface area contributed by atoms with Gasteiger partial charge in [-0.2, -0.15) is 9.57 Å². The van der Waals surface area contributed by atoms with Crippen molar-refractivity contribution >= 4 is 38.2 Å². The molecule has 2 heterocycles. The van der Waals surface area contributed by atoms with E-state index < -0.39 is 21.9 Å². The van der Waals surface area contributed by atoms with Crippen LogP contribution in [0.3, 0.4) is 0 Å². The Morgan fingerprint density at radius 2 is 1.85 bits per heavy atom. The molecule has 1 aliphatic heterocycles. The molecule has 33 heavy (non-hydrogen) atoms. The van der Waals surface area contributed by atoms with Crippen molar-refractivity contribution in [2.45, 2.75) is 44.8 Å². The summed E-state index contributed by atoms with van der Waals surface area (Å²) in [5.41, 5.74) is 0.836. The van der Waals surface area contributed by atoms with Crippen molar-refractivity contribution in [1.29, 1.82) is 5.26 Å². The number of nitrogens with one attached hydrogen (secondary N) is 1. The minimum absolute atomic E-state index is 0.0784. The van der Waals surface area contributed by atoms with E-state index in [0.717, 1.165) is 11.3 Å². The fourth-order valence-electron chi connectivity index (χ4n) is 3.56. The third-order valence-electron chi connectivity index (χ3n) is 5.09. The van der Waals surface area contributed by atoms with E-state index in [9.17, 15) is 23.3 Å². The molecule has 1 fully saturated rings. The van der Waals surface area contributed by atoms with Crippen LogP contribution in [0.2, 0.25) is 0 Å². The lowest BCUT2D eigenvalue weighted by molar-refractivity contribution is -0.0440. The average molecular weight is 492 g/mol. The maximum absolute atomic E-state index is 13.0. The first-order valence-electron chi connectivity index (χ1n) is 10.4. The van der Waals surface area contributed by atoms with Crippen molar-refractivity contribution < 1.29 is 27.5 Å². The first kappa shape index (κ1) is 24.9. The van der Waals surface area contributed by atoms with Crippen LogP contribution in [0.5, 0.6) is 0 Å². The number of ether oxygens (including phenoxy) is 2. The number of hydrogen-bond acceptors (Lipinski definition) is 8. The number of thiophene rings is 1. The van der Waals surface area contributed by atoms with E-state index >= 15 is 0 Å². The van der Waals surface area contributed by atoms with Crippen molar-refractivity contribution in [1.82, 2.24) is 4.31 Å². The van der Waals surface area contributed by atoms with Crippen molar-refractivity contribution in [3.63, 3.8) is 0 Å². The van der Waals surface area contributed by atoms with E-state index in [-0.39, 0.29) is 57.8 Å². The van der Waals surface area contributed by atoms with E-state index in [1.54, 1.807) is 13.8 Å². The quantitative estimate of drug-likeness (QED) is 0.615. The van der Waals surface area contributed by atoms with Gasteiger partial charge in [0.2, 0.25) is 10.0 Å². The SMILES string of the molecule is CCOC(=O)c1sc(NC(=O)c2ccc(S(=O)(=O)N3CC(C)OC(C)C3)cc2)c(C#N)c1C. The first-order valence-corrected chi connectivity index (χ1v) is 12.6. The predicted molar refractivity (Wildman–Crippen MR) is 123 cm³/mol. The minimum Gasteiger partial charge on any atom is -0.462 e. The van der Waals surface area contributed by atoms with Crippen LogP contribution in [-0.4, -0.2) is 56.5 Å². The van der Waals surface area contributed by atoms with Crippen LogP contribution in [0, 0.1) is 18.3 Å². The van der Waals surface area contributed by atoms with Crippen LogP contribution in [0.4, 0.5) is 5.00 Å². The number of nitrogens with zero attached hydrogens (tertiary/aromatic N) is 2. The van der Waals surface area contributed by atoms with Gasteiger partial charge >= 0.3 is 5.97 Å². The molecule has 0 aliphatic carbocycles. The Labute approximate surface area is 197 Å². The van der Waals surface area contributed by atoms with Crippen LogP contribution in [0.1, 0.15) is 51.9 Å². The highest BCUT2D eigenvalue weighted by Crippen LogP contribution is 2.33. The van der Waals surface area contributed by atoms with E-state index in [2.05, 4.69) is 5.32 Å². The fraction of sp³-hybridized carbons (Fsp3) is 0.409. The number of esters is 1. The van der Waals surface area contributed by atoms with Gasteiger partial charge in [-0.25, -0.2) is 13.2 Å². The Balaban J connectivity index is 1.80. The molecule has 1 aromatic carbocycles. The zero-order chi connectivity index (χ0) is 24.3. The molecular weight excluding hydrogens is 466 g/mol. The standard InChI is InChI=1S/C22H25N3O6S2/c1-5-30-22(27)19-15(4)18(10-23)21(32-19)24-20(26)16-6-8-17(9-7-16)33(28,29)25-11-13(2)31-14(3)12-25/h6-9,13-14H,5,11-12H2,1-4H3,(H,24,26). The summed E-state index contributed by atoms with van der Waals surface area (Å²) in [4.78, 5) is 25.2. The first-order chi connectivity index (χ1) is 15.6. The highest BCUT2D eigenvalue weighted by molar-refractivity contribution is 7.89. The number of rotatable bonds is 6. The van der Waals surface area contributed by atoms with E-state index in [1.807, 2.05) is 19.9 Å². The lowest BCUT2D eigenvalue weighted by atomic mass is 10.1. The molecule has 1 amide bonds. The Kier molecular flexibility index (Phi) is 7.54. The molecule has 0 bridgehead atoms. The third kappa shape index (κ3) is 5.25. The van der Waals surface area contributed by atoms with E-state index in [1.165, 1.54) is 28.6 Å². The molecule has 2 atom stereocenters. The van der Waals surface area contributed by atoms with Gasteiger partial charge < -0.3 is 14.8 Å². The Morgan fingerprint density at radius 1 is 1.24 bits per heavy atom. The number of carbonyl (C=O) groups is 2. The van der Waals surface area contributed by atoms with Gasteiger partial charge in [0.25, 0.3) is 5.91 Å². The van der Waals surface area contributed by atoms with Crippen molar-refractivity contribution in [2.24, 2.45) is 0 Å². The highest BCUT2D eigenvalue weighted by atomic mass is 32.2. The van der Waals surface area contributed by atoms with Crippen molar-refractivity contribution in [3.8, 4) is 6.07 Å². The molecule has 0 spiro atoms. The summed E-state index contributed by atoms with van der Waals surface area (Å²) in [6.45, 7) is 7.64. The summed E-state index contributed by atoms with van der Waals surface area (Å²) >= 11 is 0.965. The lowest BCUT2D eigenvalue weighted by Crippen LogP contribution is -2.48. The second kappa shape index (κ2) is 10.0. The third-order valence-corrected chi connectivity index (χ3v) is 8.12. The molecule has 1 aromatic heterocycles. The highest BCUT2D eigenvalue weighted by Gasteiger charge is 2.32. The van der Waals surface area contributed by atoms with Gasteiger partial charge in [-0.05, 0) is 57.5 Å².